The Bertz CT molecular complexity index is 1160. The Morgan fingerprint density at radius 2 is 1.93 bits per heavy atom. The van der Waals surface area contributed by atoms with E-state index in [1.54, 1.807) is 30.3 Å². The number of ketones is 1. The Kier molecular flexibility index (Phi) is 5.27. The van der Waals surface area contributed by atoms with Crippen molar-refractivity contribution in [3.63, 3.8) is 0 Å². The summed E-state index contributed by atoms with van der Waals surface area (Å²) in [6, 6.07) is 11.0. The first-order valence-electron chi connectivity index (χ1n) is 8.90. The van der Waals surface area contributed by atoms with Crippen molar-refractivity contribution < 1.29 is 19.4 Å². The number of methoxy groups -OCH3 is 1. The molecular weight excluding hydrogens is 426 g/mol. The molecule has 2 heterocycles. The molecule has 1 saturated heterocycles. The molecule has 30 heavy (non-hydrogen) atoms. The largest absolute Gasteiger partial charge is 0.507 e. The lowest BCUT2D eigenvalue weighted by Gasteiger charge is -2.23. The standard InChI is InChI=1S/C21H16ClN3O4S/c1-11-3-5-12(6-4-11)18(26)16-17(13-7-8-15(29-2)14(22)9-13)25(20(28)19(16)27)21-24-23-10-30-21/h3-10,17,26H,1-2H3/b18-16+. The molecule has 1 aliphatic rings. The molecule has 1 fully saturated rings. The maximum Gasteiger partial charge on any atom is 0.301 e. The van der Waals surface area contributed by atoms with Gasteiger partial charge in [0.2, 0.25) is 5.13 Å². The zero-order valence-electron chi connectivity index (χ0n) is 16.0. The molecule has 1 atom stereocenters. The van der Waals surface area contributed by atoms with Crippen LogP contribution >= 0.6 is 22.9 Å². The number of rotatable bonds is 4. The maximum absolute atomic E-state index is 13.0. The number of ether oxygens (including phenoxy) is 1. The topological polar surface area (TPSA) is 92.6 Å². The summed E-state index contributed by atoms with van der Waals surface area (Å²) >= 11 is 7.41. The predicted molar refractivity (Wildman–Crippen MR) is 114 cm³/mol. The van der Waals surface area contributed by atoms with Crippen LogP contribution in [0.1, 0.15) is 22.7 Å². The van der Waals surface area contributed by atoms with Gasteiger partial charge < -0.3 is 9.84 Å². The third-order valence-corrected chi connectivity index (χ3v) is 5.80. The number of Topliss-reactive ketones (excluding diaryl/α,β-unsaturated/α-hetero) is 1. The average Bonchev–Trinajstić information content (AvgIpc) is 3.35. The summed E-state index contributed by atoms with van der Waals surface area (Å²) in [6.07, 6.45) is 0. The van der Waals surface area contributed by atoms with Crippen molar-refractivity contribution in [2.24, 2.45) is 0 Å². The van der Waals surface area contributed by atoms with Gasteiger partial charge in [-0.2, -0.15) is 0 Å². The molecule has 1 amide bonds. The highest BCUT2D eigenvalue weighted by molar-refractivity contribution is 7.13. The molecule has 0 saturated carbocycles. The van der Waals surface area contributed by atoms with E-state index in [2.05, 4.69) is 10.2 Å². The quantitative estimate of drug-likeness (QED) is 0.371. The van der Waals surface area contributed by atoms with Crippen LogP contribution in [-0.4, -0.2) is 34.1 Å². The van der Waals surface area contributed by atoms with Crippen molar-refractivity contribution >= 4 is 45.5 Å². The molecular formula is C21H16ClN3O4S. The van der Waals surface area contributed by atoms with Crippen molar-refractivity contribution in [3.8, 4) is 5.75 Å². The van der Waals surface area contributed by atoms with Gasteiger partial charge in [-0.15, -0.1) is 10.2 Å². The Balaban J connectivity index is 1.94. The van der Waals surface area contributed by atoms with Crippen molar-refractivity contribution in [1.29, 1.82) is 0 Å². The van der Waals surface area contributed by atoms with Crippen LogP contribution in [0.25, 0.3) is 5.76 Å². The number of carbonyl (C=O) groups is 2. The molecule has 1 unspecified atom stereocenters. The zero-order chi connectivity index (χ0) is 21.4. The number of anilines is 1. The van der Waals surface area contributed by atoms with E-state index >= 15 is 0 Å². The van der Waals surface area contributed by atoms with Gasteiger partial charge in [0.05, 0.1) is 23.7 Å². The normalized spacial score (nSPS) is 18.1. The number of hydrogen-bond donors (Lipinski definition) is 1. The molecule has 3 aromatic rings. The second kappa shape index (κ2) is 7.89. The molecule has 1 N–H and O–H groups in total. The number of benzene rings is 2. The fourth-order valence-electron chi connectivity index (χ4n) is 3.34. The molecule has 1 aliphatic heterocycles. The fourth-order valence-corrected chi connectivity index (χ4v) is 4.19. The number of aryl methyl sites for hydroxylation is 1. The van der Waals surface area contributed by atoms with E-state index in [4.69, 9.17) is 16.3 Å². The monoisotopic (exact) mass is 441 g/mol. The third-order valence-electron chi connectivity index (χ3n) is 4.82. The Morgan fingerprint density at radius 1 is 1.20 bits per heavy atom. The summed E-state index contributed by atoms with van der Waals surface area (Å²) in [4.78, 5) is 27.1. The predicted octanol–water partition coefficient (Wildman–Crippen LogP) is 4.13. The van der Waals surface area contributed by atoms with Gasteiger partial charge in [-0.1, -0.05) is 58.8 Å². The molecule has 7 nitrogen and oxygen atoms in total. The number of aliphatic hydroxyl groups is 1. The molecule has 0 aliphatic carbocycles. The van der Waals surface area contributed by atoms with Crippen LogP contribution < -0.4 is 9.64 Å². The van der Waals surface area contributed by atoms with Crippen molar-refractivity contribution in [2.45, 2.75) is 13.0 Å². The van der Waals surface area contributed by atoms with E-state index in [0.29, 0.717) is 21.9 Å². The van der Waals surface area contributed by atoms with E-state index in [1.807, 2.05) is 19.1 Å². The van der Waals surface area contributed by atoms with Crippen molar-refractivity contribution in [1.82, 2.24) is 10.2 Å². The van der Waals surface area contributed by atoms with Crippen LogP contribution in [-0.2, 0) is 9.59 Å². The van der Waals surface area contributed by atoms with Crippen molar-refractivity contribution in [2.75, 3.05) is 12.0 Å². The van der Waals surface area contributed by atoms with Gasteiger partial charge in [-0.25, -0.2) is 0 Å². The van der Waals surface area contributed by atoms with Crippen LogP contribution in [0.4, 0.5) is 5.13 Å². The van der Waals surface area contributed by atoms with Gasteiger partial charge in [0.25, 0.3) is 5.78 Å². The number of aliphatic hydroxyl groups excluding tert-OH is 1. The summed E-state index contributed by atoms with van der Waals surface area (Å²) in [6.45, 7) is 1.91. The van der Waals surface area contributed by atoms with Gasteiger partial charge in [-0.05, 0) is 24.6 Å². The lowest BCUT2D eigenvalue weighted by atomic mass is 9.95. The number of carbonyl (C=O) groups excluding carboxylic acids is 2. The molecule has 0 spiro atoms. The molecule has 0 bridgehead atoms. The summed E-state index contributed by atoms with van der Waals surface area (Å²) in [5, 5.41) is 19.3. The minimum atomic E-state index is -0.914. The summed E-state index contributed by atoms with van der Waals surface area (Å²) in [7, 11) is 1.49. The number of nitrogens with zero attached hydrogens (tertiary/aromatic N) is 3. The van der Waals surface area contributed by atoms with E-state index in [-0.39, 0.29) is 16.5 Å². The smallest absolute Gasteiger partial charge is 0.301 e. The van der Waals surface area contributed by atoms with Crippen LogP contribution in [0.15, 0.2) is 53.5 Å². The molecule has 4 rings (SSSR count). The van der Waals surface area contributed by atoms with Gasteiger partial charge >= 0.3 is 5.91 Å². The third kappa shape index (κ3) is 3.34. The highest BCUT2D eigenvalue weighted by Gasteiger charge is 2.48. The summed E-state index contributed by atoms with van der Waals surface area (Å²) in [5.41, 5.74) is 3.39. The summed E-state index contributed by atoms with van der Waals surface area (Å²) in [5.74, 6) is -1.42. The van der Waals surface area contributed by atoms with Crippen LogP contribution in [0, 0.1) is 6.92 Å². The van der Waals surface area contributed by atoms with Crippen molar-refractivity contribution in [3.05, 3.63) is 75.3 Å². The van der Waals surface area contributed by atoms with Crippen LogP contribution in [0.2, 0.25) is 5.02 Å². The number of halogens is 1. The molecule has 1 aromatic heterocycles. The molecule has 152 valence electrons. The Hall–Kier alpha value is -3.23. The van der Waals surface area contributed by atoms with E-state index in [9.17, 15) is 14.7 Å². The highest BCUT2D eigenvalue weighted by Crippen LogP contribution is 2.43. The Labute approximate surface area is 181 Å². The average molecular weight is 442 g/mol. The first-order valence-corrected chi connectivity index (χ1v) is 10.2. The molecule has 2 aromatic carbocycles. The van der Waals surface area contributed by atoms with Crippen LogP contribution in [0.5, 0.6) is 5.75 Å². The molecule has 9 heteroatoms. The lowest BCUT2D eigenvalue weighted by Crippen LogP contribution is -2.29. The number of amides is 1. The number of hydrogen-bond acceptors (Lipinski definition) is 7. The van der Waals surface area contributed by atoms with Gasteiger partial charge in [0.15, 0.2) is 0 Å². The fraction of sp³-hybridized carbons (Fsp3) is 0.143. The summed E-state index contributed by atoms with van der Waals surface area (Å²) < 4.78 is 5.20. The van der Waals surface area contributed by atoms with E-state index in [0.717, 1.165) is 16.9 Å². The van der Waals surface area contributed by atoms with E-state index in [1.165, 1.54) is 17.5 Å². The maximum atomic E-state index is 13.0. The van der Waals surface area contributed by atoms with Gasteiger partial charge in [0, 0.05) is 5.56 Å². The minimum absolute atomic E-state index is 0.0414. The van der Waals surface area contributed by atoms with Crippen LogP contribution in [0.3, 0.4) is 0 Å². The highest BCUT2D eigenvalue weighted by atomic mass is 35.5. The first kappa shape index (κ1) is 20.1. The lowest BCUT2D eigenvalue weighted by molar-refractivity contribution is -0.132. The minimum Gasteiger partial charge on any atom is -0.507 e. The first-order chi connectivity index (χ1) is 14.4. The van der Waals surface area contributed by atoms with Gasteiger partial charge in [0.1, 0.15) is 17.0 Å². The Morgan fingerprint density at radius 3 is 2.53 bits per heavy atom. The SMILES string of the molecule is COc1ccc(C2/C(=C(\O)c3ccc(C)cc3)C(=O)C(=O)N2c2nncs2)cc1Cl. The van der Waals surface area contributed by atoms with Gasteiger partial charge in [-0.3, -0.25) is 14.5 Å². The zero-order valence-corrected chi connectivity index (χ0v) is 17.6. The second-order valence-corrected chi connectivity index (χ2v) is 7.87. The second-order valence-electron chi connectivity index (χ2n) is 6.65. The number of aromatic nitrogens is 2. The van der Waals surface area contributed by atoms with E-state index < -0.39 is 17.7 Å². The molecule has 0 radical (unpaired) electrons.